The normalized spacial score (nSPS) is 12.0. The van der Waals surface area contributed by atoms with Crippen LogP contribution in [0, 0.1) is 0 Å². The zero-order chi connectivity index (χ0) is 17.8. The van der Waals surface area contributed by atoms with E-state index in [4.69, 9.17) is 9.52 Å². The highest BCUT2D eigenvalue weighted by atomic mass is 16.4. The molecule has 1 aromatic heterocycles. The minimum Gasteiger partial charge on any atom is -0.479 e. The maximum Gasteiger partial charge on any atom is 0.332 e. The van der Waals surface area contributed by atoms with Crippen LogP contribution < -0.4 is 5.32 Å². The molecule has 0 unspecified atom stereocenters. The molecule has 0 radical (unpaired) electrons. The van der Waals surface area contributed by atoms with Crippen LogP contribution >= 0.6 is 0 Å². The maximum absolute atomic E-state index is 12.0. The third kappa shape index (κ3) is 3.87. The first kappa shape index (κ1) is 16.7. The number of amides is 1. The Morgan fingerprint density at radius 3 is 2.48 bits per heavy atom. The monoisotopic (exact) mass is 339 g/mol. The molecule has 0 aliphatic heterocycles. The van der Waals surface area contributed by atoms with Gasteiger partial charge in [0.1, 0.15) is 11.3 Å². The number of aliphatic carboxylic acids is 1. The van der Waals surface area contributed by atoms with Crippen molar-refractivity contribution in [1.29, 1.82) is 0 Å². The first-order valence-electron chi connectivity index (χ1n) is 7.82. The summed E-state index contributed by atoms with van der Waals surface area (Å²) in [6.07, 6.45) is -1.52. The quantitative estimate of drug-likeness (QED) is 0.641. The summed E-state index contributed by atoms with van der Waals surface area (Å²) in [5, 5.41) is 21.3. The van der Waals surface area contributed by atoms with E-state index in [1.165, 1.54) is 0 Å². The van der Waals surface area contributed by atoms with Crippen LogP contribution in [-0.4, -0.2) is 34.7 Å². The molecule has 3 N–H and O–H groups in total. The Balaban J connectivity index is 1.65. The smallest absolute Gasteiger partial charge is 0.332 e. The van der Waals surface area contributed by atoms with Crippen molar-refractivity contribution < 1.29 is 24.2 Å². The number of hydrogen-bond donors (Lipinski definition) is 3. The van der Waals surface area contributed by atoms with Crippen molar-refractivity contribution in [3.8, 4) is 11.3 Å². The average Bonchev–Trinajstić information content (AvgIpc) is 3.05. The van der Waals surface area contributed by atoms with E-state index in [0.717, 1.165) is 22.3 Å². The summed E-state index contributed by atoms with van der Waals surface area (Å²) < 4.78 is 5.78. The van der Waals surface area contributed by atoms with Crippen molar-refractivity contribution in [2.45, 2.75) is 12.5 Å². The number of fused-ring (bicyclic) bond motifs is 1. The van der Waals surface area contributed by atoms with Crippen molar-refractivity contribution in [2.24, 2.45) is 0 Å². The summed E-state index contributed by atoms with van der Waals surface area (Å²) in [6.45, 7) is 0.0810. The molecule has 2 aromatic carbocycles. The number of para-hydroxylation sites is 1. The van der Waals surface area contributed by atoms with Crippen molar-refractivity contribution in [3.63, 3.8) is 0 Å². The fraction of sp³-hybridized carbons (Fsp3) is 0.158. The van der Waals surface area contributed by atoms with E-state index in [9.17, 15) is 14.7 Å². The molecule has 0 spiro atoms. The van der Waals surface area contributed by atoms with Crippen LogP contribution in [0.25, 0.3) is 22.3 Å². The van der Waals surface area contributed by atoms with E-state index < -0.39 is 12.1 Å². The lowest BCUT2D eigenvalue weighted by atomic mass is 10.1. The molecular weight excluding hydrogens is 322 g/mol. The molecule has 6 heteroatoms. The molecule has 0 aliphatic carbocycles. The van der Waals surface area contributed by atoms with Gasteiger partial charge in [-0.2, -0.15) is 0 Å². The number of rotatable bonds is 6. The van der Waals surface area contributed by atoms with Crippen LogP contribution in [0.2, 0.25) is 0 Å². The summed E-state index contributed by atoms with van der Waals surface area (Å²) in [5.74, 6) is -0.907. The maximum atomic E-state index is 12.0. The van der Waals surface area contributed by atoms with E-state index in [1.807, 2.05) is 30.3 Å². The lowest BCUT2D eigenvalue weighted by Crippen LogP contribution is -2.30. The predicted molar refractivity (Wildman–Crippen MR) is 92.2 cm³/mol. The van der Waals surface area contributed by atoms with Crippen LogP contribution in [0.15, 0.2) is 59.0 Å². The molecule has 3 aromatic rings. The lowest BCUT2D eigenvalue weighted by Gasteiger charge is -2.07. The van der Waals surface area contributed by atoms with E-state index in [1.54, 1.807) is 24.3 Å². The Morgan fingerprint density at radius 2 is 1.80 bits per heavy atom. The van der Waals surface area contributed by atoms with Gasteiger partial charge in [0.05, 0.1) is 0 Å². The van der Waals surface area contributed by atoms with Gasteiger partial charge in [0, 0.05) is 29.5 Å². The van der Waals surface area contributed by atoms with Gasteiger partial charge in [-0.15, -0.1) is 0 Å². The van der Waals surface area contributed by atoms with Gasteiger partial charge in [-0.05, 0) is 24.3 Å². The highest BCUT2D eigenvalue weighted by Gasteiger charge is 2.13. The number of carbonyl (C=O) groups excluding carboxylic acids is 1. The Bertz CT molecular complexity index is 865. The molecule has 0 aliphatic rings. The second kappa shape index (κ2) is 7.19. The Morgan fingerprint density at radius 1 is 1.08 bits per heavy atom. The van der Waals surface area contributed by atoms with Gasteiger partial charge in [-0.1, -0.05) is 30.3 Å². The highest BCUT2D eigenvalue weighted by Crippen LogP contribution is 2.27. The van der Waals surface area contributed by atoms with E-state index in [0.29, 0.717) is 5.56 Å². The van der Waals surface area contributed by atoms with Gasteiger partial charge < -0.3 is 19.9 Å². The van der Waals surface area contributed by atoms with Crippen molar-refractivity contribution in [1.82, 2.24) is 5.32 Å². The zero-order valence-corrected chi connectivity index (χ0v) is 13.3. The minimum atomic E-state index is -1.48. The molecule has 0 saturated heterocycles. The Hall–Kier alpha value is -3.12. The van der Waals surface area contributed by atoms with Gasteiger partial charge >= 0.3 is 5.97 Å². The fourth-order valence-corrected chi connectivity index (χ4v) is 2.46. The van der Waals surface area contributed by atoms with Crippen molar-refractivity contribution in [2.75, 3.05) is 6.54 Å². The van der Waals surface area contributed by atoms with Crippen molar-refractivity contribution >= 4 is 22.8 Å². The lowest BCUT2D eigenvalue weighted by molar-refractivity contribution is -0.146. The average molecular weight is 339 g/mol. The van der Waals surface area contributed by atoms with E-state index in [-0.39, 0.29) is 18.9 Å². The standard InChI is InChI=1S/C19H17NO5/c21-15(19(23)24)9-10-20-18(22)13-7-5-12(6-8-13)17-11-14-3-1-2-4-16(14)25-17/h1-8,11,15,21H,9-10H2,(H,20,22)(H,23,24)/t15-/m1/s1. The molecular formula is C19H17NO5. The number of carboxylic acid groups (broad SMARTS) is 1. The zero-order valence-electron chi connectivity index (χ0n) is 13.3. The Kier molecular flexibility index (Phi) is 4.81. The molecule has 25 heavy (non-hydrogen) atoms. The number of hydrogen-bond acceptors (Lipinski definition) is 4. The number of nitrogens with one attached hydrogen (secondary N) is 1. The fourth-order valence-electron chi connectivity index (χ4n) is 2.46. The minimum absolute atomic E-state index is 0.0435. The van der Waals surface area contributed by atoms with Crippen LogP contribution in [0.1, 0.15) is 16.8 Å². The third-order valence-electron chi connectivity index (χ3n) is 3.85. The SMILES string of the molecule is O=C(NCC[C@@H](O)C(=O)O)c1ccc(-c2cc3ccccc3o2)cc1. The number of aliphatic hydroxyl groups excluding tert-OH is 1. The number of carboxylic acids is 1. The molecule has 1 heterocycles. The Labute approximate surface area is 143 Å². The van der Waals surface area contributed by atoms with Crippen LogP contribution in [0.3, 0.4) is 0 Å². The molecule has 6 nitrogen and oxygen atoms in total. The van der Waals surface area contributed by atoms with Gasteiger partial charge in [-0.3, -0.25) is 4.79 Å². The summed E-state index contributed by atoms with van der Waals surface area (Å²) in [6, 6.07) is 16.6. The molecule has 1 amide bonds. The second-order valence-electron chi connectivity index (χ2n) is 5.62. The number of furan rings is 1. The molecule has 128 valence electrons. The first-order valence-corrected chi connectivity index (χ1v) is 7.82. The molecule has 1 atom stereocenters. The van der Waals surface area contributed by atoms with Gasteiger partial charge in [0.2, 0.25) is 0 Å². The van der Waals surface area contributed by atoms with E-state index in [2.05, 4.69) is 5.32 Å². The third-order valence-corrected chi connectivity index (χ3v) is 3.85. The molecule has 0 fully saturated rings. The summed E-state index contributed by atoms with van der Waals surface area (Å²) in [5.41, 5.74) is 2.11. The summed E-state index contributed by atoms with van der Waals surface area (Å²) in [7, 11) is 0. The summed E-state index contributed by atoms with van der Waals surface area (Å²) >= 11 is 0. The van der Waals surface area contributed by atoms with Gasteiger partial charge in [-0.25, -0.2) is 4.79 Å². The number of carbonyl (C=O) groups is 2. The van der Waals surface area contributed by atoms with Gasteiger partial charge in [0.25, 0.3) is 5.91 Å². The number of aliphatic hydroxyl groups is 1. The first-order chi connectivity index (χ1) is 12.0. The highest BCUT2D eigenvalue weighted by molar-refractivity contribution is 5.94. The summed E-state index contributed by atoms with van der Waals surface area (Å²) in [4.78, 5) is 22.5. The second-order valence-corrected chi connectivity index (χ2v) is 5.62. The molecule has 0 bridgehead atoms. The largest absolute Gasteiger partial charge is 0.479 e. The molecule has 0 saturated carbocycles. The van der Waals surface area contributed by atoms with E-state index >= 15 is 0 Å². The van der Waals surface area contributed by atoms with Crippen LogP contribution in [0.5, 0.6) is 0 Å². The molecule has 3 rings (SSSR count). The van der Waals surface area contributed by atoms with Crippen LogP contribution in [0.4, 0.5) is 0 Å². The van der Waals surface area contributed by atoms with Gasteiger partial charge in [0.15, 0.2) is 6.10 Å². The number of benzene rings is 2. The van der Waals surface area contributed by atoms with Crippen LogP contribution in [-0.2, 0) is 4.79 Å². The predicted octanol–water partition coefficient (Wildman–Crippen LogP) is 2.67. The van der Waals surface area contributed by atoms with Crippen molar-refractivity contribution in [3.05, 3.63) is 60.2 Å². The topological polar surface area (TPSA) is 99.8 Å².